The second kappa shape index (κ2) is 8.56. The van der Waals surface area contributed by atoms with Crippen molar-refractivity contribution in [3.05, 3.63) is 60.0 Å². The third-order valence-corrected chi connectivity index (χ3v) is 5.54. The van der Waals surface area contributed by atoms with Crippen LogP contribution < -0.4 is 10.2 Å². The fourth-order valence-corrected chi connectivity index (χ4v) is 3.98. The summed E-state index contributed by atoms with van der Waals surface area (Å²) >= 11 is 5.55. The van der Waals surface area contributed by atoms with Gasteiger partial charge in [0.25, 0.3) is 5.91 Å². The Kier molecular flexibility index (Phi) is 6.39. The van der Waals surface area contributed by atoms with Crippen LogP contribution in [0.3, 0.4) is 0 Å². The molecule has 3 rings (SSSR count). The lowest BCUT2D eigenvalue weighted by Crippen LogP contribution is -2.41. The molecular formula is C19H20BrIN2O3. The summed E-state index contributed by atoms with van der Waals surface area (Å²) in [6, 6.07) is 8.08. The van der Waals surface area contributed by atoms with Gasteiger partial charge in [0, 0.05) is 29.4 Å². The van der Waals surface area contributed by atoms with Gasteiger partial charge in [-0.3, -0.25) is 9.59 Å². The molecule has 1 amide bonds. The molecule has 2 heterocycles. The molecule has 1 aliphatic heterocycles. The van der Waals surface area contributed by atoms with Crippen LogP contribution in [0.4, 0.5) is 0 Å². The van der Waals surface area contributed by atoms with Crippen molar-refractivity contribution in [3.8, 4) is 5.75 Å². The zero-order valence-electron chi connectivity index (χ0n) is 14.5. The smallest absolute Gasteiger partial charge is 0.274 e. The van der Waals surface area contributed by atoms with Crippen LogP contribution in [0, 0.1) is 3.57 Å². The Balaban J connectivity index is 1.92. The zero-order valence-corrected chi connectivity index (χ0v) is 18.2. The number of unbranched alkanes of at least 4 members (excludes halogenated alkanes) is 1. The van der Waals surface area contributed by atoms with Gasteiger partial charge in [0.2, 0.25) is 5.43 Å². The second-order valence-corrected chi connectivity index (χ2v) is 8.34. The van der Waals surface area contributed by atoms with Crippen molar-refractivity contribution in [1.82, 2.24) is 9.47 Å². The van der Waals surface area contributed by atoms with Crippen molar-refractivity contribution in [1.29, 1.82) is 0 Å². The van der Waals surface area contributed by atoms with E-state index in [9.17, 15) is 9.59 Å². The fraction of sp³-hybridized carbons (Fsp3) is 0.368. The van der Waals surface area contributed by atoms with Crippen molar-refractivity contribution in [2.24, 2.45) is 0 Å². The van der Waals surface area contributed by atoms with E-state index < -0.39 is 0 Å². The van der Waals surface area contributed by atoms with Gasteiger partial charge in [-0.15, -0.1) is 0 Å². The quantitative estimate of drug-likeness (QED) is 0.418. The minimum Gasteiger partial charge on any atom is -0.487 e. The third-order valence-electron chi connectivity index (χ3n) is 4.30. The Morgan fingerprint density at radius 1 is 1.27 bits per heavy atom. The number of amides is 1. The summed E-state index contributed by atoms with van der Waals surface area (Å²) in [4.78, 5) is 27.4. The number of carbonyl (C=O) groups excluding carboxylic acids is 1. The summed E-state index contributed by atoms with van der Waals surface area (Å²) in [5, 5.41) is 0. The molecule has 0 radical (unpaired) electrons. The van der Waals surface area contributed by atoms with Gasteiger partial charge in [0.15, 0.2) is 11.4 Å². The normalized spacial score (nSPS) is 13.7. The number of benzene rings is 1. The molecule has 2 aromatic rings. The highest BCUT2D eigenvalue weighted by atomic mass is 127. The number of hydrogen-bond acceptors (Lipinski definition) is 3. The lowest BCUT2D eigenvalue weighted by Gasteiger charge is -2.31. The topological polar surface area (TPSA) is 51.5 Å². The molecule has 0 unspecified atom stereocenters. The molecule has 1 aromatic carbocycles. The summed E-state index contributed by atoms with van der Waals surface area (Å²) < 4.78 is 9.11. The number of aromatic nitrogens is 1. The van der Waals surface area contributed by atoms with Gasteiger partial charge in [-0.2, -0.15) is 0 Å². The molecule has 5 nitrogen and oxygen atoms in total. The number of hydrogen-bond donors (Lipinski definition) is 0. The molecule has 7 heteroatoms. The first kappa shape index (κ1) is 19.4. The van der Waals surface area contributed by atoms with Crippen molar-refractivity contribution < 1.29 is 9.53 Å². The fourth-order valence-electron chi connectivity index (χ4n) is 2.94. The molecule has 0 atom stereocenters. The largest absolute Gasteiger partial charge is 0.487 e. The van der Waals surface area contributed by atoms with E-state index in [0.717, 1.165) is 22.0 Å². The van der Waals surface area contributed by atoms with E-state index in [0.29, 0.717) is 36.4 Å². The summed E-state index contributed by atoms with van der Waals surface area (Å²) in [6.45, 7) is 4.24. The van der Waals surface area contributed by atoms with E-state index >= 15 is 0 Å². The molecule has 1 aromatic heterocycles. The molecule has 0 saturated carbocycles. The second-order valence-electron chi connectivity index (χ2n) is 6.24. The molecular weight excluding hydrogens is 511 g/mol. The Morgan fingerprint density at radius 3 is 2.81 bits per heavy atom. The van der Waals surface area contributed by atoms with Gasteiger partial charge in [0.05, 0.1) is 11.1 Å². The number of fused-ring (bicyclic) bond motifs is 1. The predicted molar refractivity (Wildman–Crippen MR) is 113 cm³/mol. The molecule has 0 fully saturated rings. The summed E-state index contributed by atoms with van der Waals surface area (Å²) in [5.74, 6) is -0.00335. The molecule has 0 N–H and O–H groups in total. The van der Waals surface area contributed by atoms with E-state index in [4.69, 9.17) is 4.74 Å². The number of carbonyl (C=O) groups is 1. The van der Waals surface area contributed by atoms with Gasteiger partial charge < -0.3 is 14.2 Å². The van der Waals surface area contributed by atoms with E-state index in [1.54, 1.807) is 11.1 Å². The number of pyridine rings is 1. The predicted octanol–water partition coefficient (Wildman–Crippen LogP) is 4.05. The minimum atomic E-state index is -0.267. The molecule has 0 aliphatic carbocycles. The standard InChI is InChI=1S/C19H20BrIN2O3/c1-2-3-9-26-18-16-19(25)23(11-13-5-4-6-14(21)10-13)8-7-22(16)12-15(20)17(18)24/h4-6,10,12H,2-3,7-9,11H2,1H3. The SMILES string of the molecule is CCCCOc1c2n(cc(Br)c1=O)CCN(Cc1cccc(I)c1)C2=O. The van der Waals surface area contributed by atoms with Gasteiger partial charge in [-0.1, -0.05) is 25.5 Å². The summed E-state index contributed by atoms with van der Waals surface area (Å²) in [6.07, 6.45) is 3.49. The van der Waals surface area contributed by atoms with Crippen molar-refractivity contribution >= 4 is 44.4 Å². The molecule has 26 heavy (non-hydrogen) atoms. The van der Waals surface area contributed by atoms with Gasteiger partial charge in [-0.05, 0) is 62.6 Å². The van der Waals surface area contributed by atoms with Crippen LogP contribution in [0.2, 0.25) is 0 Å². The highest BCUT2D eigenvalue weighted by Crippen LogP contribution is 2.25. The number of rotatable bonds is 6. The summed E-state index contributed by atoms with van der Waals surface area (Å²) in [7, 11) is 0. The van der Waals surface area contributed by atoms with Gasteiger partial charge in [-0.25, -0.2) is 0 Å². The first-order valence-corrected chi connectivity index (χ1v) is 10.5. The first-order valence-electron chi connectivity index (χ1n) is 8.60. The van der Waals surface area contributed by atoms with Gasteiger partial charge >= 0.3 is 0 Å². The van der Waals surface area contributed by atoms with E-state index in [-0.39, 0.29) is 17.1 Å². The van der Waals surface area contributed by atoms with Gasteiger partial charge in [0.1, 0.15) is 0 Å². The highest BCUT2D eigenvalue weighted by molar-refractivity contribution is 14.1. The van der Waals surface area contributed by atoms with Crippen molar-refractivity contribution in [2.45, 2.75) is 32.9 Å². The highest BCUT2D eigenvalue weighted by Gasteiger charge is 2.30. The monoisotopic (exact) mass is 530 g/mol. The van der Waals surface area contributed by atoms with Crippen molar-refractivity contribution in [3.63, 3.8) is 0 Å². The number of nitrogens with zero attached hydrogens (tertiary/aromatic N) is 2. The van der Waals surface area contributed by atoms with Crippen LogP contribution in [0.5, 0.6) is 5.75 Å². The van der Waals surface area contributed by atoms with Crippen LogP contribution in [0.15, 0.2) is 39.7 Å². The Bertz CT molecular complexity index is 882. The number of halogens is 2. The third kappa shape index (κ3) is 4.14. The van der Waals surface area contributed by atoms with E-state index in [2.05, 4.69) is 51.5 Å². The maximum Gasteiger partial charge on any atom is 0.274 e. The maximum absolute atomic E-state index is 13.1. The Hall–Kier alpha value is -1.35. The summed E-state index contributed by atoms with van der Waals surface area (Å²) in [5.41, 5.74) is 1.16. The Labute approximate surface area is 174 Å². The molecule has 138 valence electrons. The Morgan fingerprint density at radius 2 is 2.08 bits per heavy atom. The average molecular weight is 531 g/mol. The van der Waals surface area contributed by atoms with Crippen molar-refractivity contribution in [2.75, 3.05) is 13.2 Å². The minimum absolute atomic E-state index is 0.158. The van der Waals surface area contributed by atoms with E-state index in [1.807, 2.05) is 22.8 Å². The zero-order chi connectivity index (χ0) is 18.7. The van der Waals surface area contributed by atoms with Crippen LogP contribution >= 0.6 is 38.5 Å². The van der Waals surface area contributed by atoms with Crippen LogP contribution in [-0.2, 0) is 13.1 Å². The molecule has 0 spiro atoms. The van der Waals surface area contributed by atoms with Crippen LogP contribution in [0.25, 0.3) is 0 Å². The average Bonchev–Trinajstić information content (AvgIpc) is 2.61. The lowest BCUT2D eigenvalue weighted by atomic mass is 10.1. The first-order chi connectivity index (χ1) is 12.5. The lowest BCUT2D eigenvalue weighted by molar-refractivity contribution is 0.0680. The van der Waals surface area contributed by atoms with E-state index in [1.165, 1.54) is 0 Å². The molecule has 0 bridgehead atoms. The molecule has 1 aliphatic rings. The maximum atomic E-state index is 13.1. The number of ether oxygens (including phenoxy) is 1. The van der Waals surface area contributed by atoms with Crippen LogP contribution in [0.1, 0.15) is 35.8 Å². The van der Waals surface area contributed by atoms with Crippen LogP contribution in [-0.4, -0.2) is 28.5 Å². The molecule has 0 saturated heterocycles.